The van der Waals surface area contributed by atoms with Gasteiger partial charge in [0.15, 0.2) is 5.12 Å². The fraction of sp³-hybridized carbons (Fsp3) is 0.364. The molecule has 2 nitrogen and oxygen atoms in total. The van der Waals surface area contributed by atoms with Gasteiger partial charge in [0.05, 0.1) is 0 Å². The van der Waals surface area contributed by atoms with E-state index >= 15 is 0 Å². The van der Waals surface area contributed by atoms with E-state index in [2.05, 4.69) is 0 Å². The van der Waals surface area contributed by atoms with Gasteiger partial charge in [-0.05, 0) is 24.1 Å². The molecule has 0 radical (unpaired) electrons. The minimum Gasteiger partial charge on any atom is -0.508 e. The normalized spacial score (nSPS) is 12.4. The zero-order valence-electron chi connectivity index (χ0n) is 8.36. The molecule has 3 heteroatoms. The van der Waals surface area contributed by atoms with Crippen molar-refractivity contribution in [1.29, 1.82) is 0 Å². The second-order valence-electron chi connectivity index (χ2n) is 3.29. The molecule has 0 saturated heterocycles. The Bertz CT molecular complexity index is 306. The van der Waals surface area contributed by atoms with Crippen LogP contribution in [0, 0.1) is 0 Å². The maximum Gasteiger partial charge on any atom is 0.186 e. The molecule has 1 N–H and O–H groups in total. The van der Waals surface area contributed by atoms with E-state index in [4.69, 9.17) is 5.11 Å². The van der Waals surface area contributed by atoms with E-state index in [1.165, 1.54) is 11.8 Å². The first-order valence-electron chi connectivity index (χ1n) is 4.53. The van der Waals surface area contributed by atoms with Crippen molar-refractivity contribution in [2.24, 2.45) is 0 Å². The van der Waals surface area contributed by atoms with Gasteiger partial charge in [-0.2, -0.15) is 0 Å². The minimum atomic E-state index is 0.149. The topological polar surface area (TPSA) is 37.3 Å². The molecule has 0 saturated carbocycles. The first-order chi connectivity index (χ1) is 6.58. The third-order valence-electron chi connectivity index (χ3n) is 1.83. The zero-order valence-corrected chi connectivity index (χ0v) is 9.17. The lowest BCUT2D eigenvalue weighted by Crippen LogP contribution is -2.03. The van der Waals surface area contributed by atoms with Crippen LogP contribution in [-0.2, 0) is 11.2 Å². The summed E-state index contributed by atoms with van der Waals surface area (Å²) in [6, 6.07) is 7.10. The van der Waals surface area contributed by atoms with Crippen molar-refractivity contribution in [1.82, 2.24) is 0 Å². The van der Waals surface area contributed by atoms with Gasteiger partial charge in [0, 0.05) is 12.2 Å². The highest BCUT2D eigenvalue weighted by Crippen LogP contribution is 2.18. The van der Waals surface area contributed by atoms with E-state index < -0.39 is 0 Å². The molecule has 14 heavy (non-hydrogen) atoms. The van der Waals surface area contributed by atoms with Crippen molar-refractivity contribution in [3.05, 3.63) is 29.8 Å². The van der Waals surface area contributed by atoms with Crippen LogP contribution in [0.4, 0.5) is 0 Å². The summed E-state index contributed by atoms with van der Waals surface area (Å²) in [6.45, 7) is 3.61. The van der Waals surface area contributed by atoms with Crippen LogP contribution in [0.5, 0.6) is 5.75 Å². The summed E-state index contributed by atoms with van der Waals surface area (Å²) in [5.74, 6) is 0.278. The molecule has 1 rings (SSSR count). The fourth-order valence-electron chi connectivity index (χ4n) is 1.29. The fourth-order valence-corrected chi connectivity index (χ4v) is 2.13. The monoisotopic (exact) mass is 210 g/mol. The van der Waals surface area contributed by atoms with Crippen LogP contribution in [0.1, 0.15) is 19.4 Å². The van der Waals surface area contributed by atoms with E-state index in [1.807, 2.05) is 19.1 Å². The van der Waals surface area contributed by atoms with E-state index in [-0.39, 0.29) is 16.1 Å². The molecule has 1 atom stereocenters. The number of carbonyl (C=O) groups excluding carboxylic acids is 1. The Kier molecular flexibility index (Phi) is 4.01. The van der Waals surface area contributed by atoms with Gasteiger partial charge < -0.3 is 5.11 Å². The van der Waals surface area contributed by atoms with Gasteiger partial charge >= 0.3 is 0 Å². The van der Waals surface area contributed by atoms with Gasteiger partial charge in [-0.3, -0.25) is 4.79 Å². The standard InChI is InChI=1S/C11H14O2S/c1-8(14-9(2)12)7-10-3-5-11(13)6-4-10/h3-6,8,13H,7H2,1-2H3. The number of aromatic hydroxyl groups is 1. The molecule has 1 unspecified atom stereocenters. The Morgan fingerprint density at radius 3 is 2.50 bits per heavy atom. The molecule has 0 spiro atoms. The molecule has 0 heterocycles. The van der Waals surface area contributed by atoms with E-state index in [0.29, 0.717) is 0 Å². The lowest BCUT2D eigenvalue weighted by molar-refractivity contribution is -0.109. The van der Waals surface area contributed by atoms with Crippen molar-refractivity contribution in [3.63, 3.8) is 0 Å². The van der Waals surface area contributed by atoms with Gasteiger partial charge in [-0.25, -0.2) is 0 Å². The van der Waals surface area contributed by atoms with Gasteiger partial charge in [-0.1, -0.05) is 30.8 Å². The summed E-state index contributed by atoms with van der Waals surface area (Å²) in [7, 11) is 0. The highest BCUT2D eigenvalue weighted by Gasteiger charge is 2.06. The van der Waals surface area contributed by atoms with Crippen molar-refractivity contribution in [2.75, 3.05) is 0 Å². The largest absolute Gasteiger partial charge is 0.508 e. The molecule has 76 valence electrons. The molecule has 0 amide bonds. The zero-order chi connectivity index (χ0) is 10.6. The number of phenols is 1. The molecule has 0 fully saturated rings. The van der Waals surface area contributed by atoms with Gasteiger partial charge in [0.2, 0.25) is 0 Å². The second kappa shape index (κ2) is 5.05. The Balaban J connectivity index is 2.51. The molecular weight excluding hydrogens is 196 g/mol. The third-order valence-corrected chi connectivity index (χ3v) is 2.73. The molecular formula is C11H14O2S. The third kappa shape index (κ3) is 3.83. The van der Waals surface area contributed by atoms with Crippen LogP contribution in [-0.4, -0.2) is 15.5 Å². The number of hydrogen-bond acceptors (Lipinski definition) is 3. The molecule has 1 aromatic carbocycles. The summed E-state index contributed by atoms with van der Waals surface area (Å²) in [6.07, 6.45) is 0.852. The van der Waals surface area contributed by atoms with Crippen molar-refractivity contribution >= 4 is 16.9 Å². The van der Waals surface area contributed by atoms with E-state index in [9.17, 15) is 4.79 Å². The molecule has 0 aliphatic rings. The van der Waals surface area contributed by atoms with Crippen molar-refractivity contribution < 1.29 is 9.90 Å². The lowest BCUT2D eigenvalue weighted by Gasteiger charge is -2.08. The second-order valence-corrected chi connectivity index (χ2v) is 4.91. The molecule has 0 aliphatic carbocycles. The summed E-state index contributed by atoms with van der Waals surface area (Å²) >= 11 is 1.35. The van der Waals surface area contributed by atoms with Crippen LogP contribution in [0.25, 0.3) is 0 Å². The van der Waals surface area contributed by atoms with Gasteiger partial charge in [0.25, 0.3) is 0 Å². The summed E-state index contributed by atoms with van der Waals surface area (Å²) in [4.78, 5) is 10.8. The first-order valence-corrected chi connectivity index (χ1v) is 5.41. The molecule has 0 bridgehead atoms. The Morgan fingerprint density at radius 2 is 2.00 bits per heavy atom. The molecule has 1 aromatic rings. The quantitative estimate of drug-likeness (QED) is 0.833. The number of phenolic OH excluding ortho intramolecular Hbond substituents is 1. The van der Waals surface area contributed by atoms with Crippen LogP contribution >= 0.6 is 11.8 Å². The number of hydrogen-bond donors (Lipinski definition) is 1. The van der Waals surface area contributed by atoms with E-state index in [0.717, 1.165) is 12.0 Å². The molecule has 0 aromatic heterocycles. The van der Waals surface area contributed by atoms with Gasteiger partial charge in [-0.15, -0.1) is 0 Å². The average molecular weight is 210 g/mol. The Labute approximate surface area is 88.3 Å². The number of benzene rings is 1. The smallest absolute Gasteiger partial charge is 0.186 e. The predicted octanol–water partition coefficient (Wildman–Crippen LogP) is 2.60. The summed E-state index contributed by atoms with van der Waals surface area (Å²) in [5, 5.41) is 9.52. The first kappa shape index (κ1) is 11.1. The highest BCUT2D eigenvalue weighted by atomic mass is 32.2. The van der Waals surface area contributed by atoms with Crippen molar-refractivity contribution in [2.45, 2.75) is 25.5 Å². The van der Waals surface area contributed by atoms with Crippen LogP contribution in [0.2, 0.25) is 0 Å². The van der Waals surface area contributed by atoms with E-state index in [1.54, 1.807) is 19.1 Å². The Hall–Kier alpha value is -0.960. The predicted molar refractivity (Wildman–Crippen MR) is 59.5 cm³/mol. The number of rotatable bonds is 3. The van der Waals surface area contributed by atoms with Crippen LogP contribution in [0.3, 0.4) is 0 Å². The van der Waals surface area contributed by atoms with Gasteiger partial charge in [0.1, 0.15) is 5.75 Å². The maximum absolute atomic E-state index is 10.8. The maximum atomic E-state index is 10.8. The number of thioether (sulfide) groups is 1. The SMILES string of the molecule is CC(=O)SC(C)Cc1ccc(O)cc1. The lowest BCUT2D eigenvalue weighted by atomic mass is 10.1. The minimum absolute atomic E-state index is 0.149. The van der Waals surface area contributed by atoms with Crippen LogP contribution in [0.15, 0.2) is 24.3 Å². The molecule has 0 aliphatic heterocycles. The summed E-state index contributed by atoms with van der Waals surface area (Å²) < 4.78 is 0. The van der Waals surface area contributed by atoms with Crippen LogP contribution < -0.4 is 0 Å². The summed E-state index contributed by atoms with van der Waals surface area (Å²) in [5.41, 5.74) is 1.14. The average Bonchev–Trinajstić information content (AvgIpc) is 2.07. The van der Waals surface area contributed by atoms with Crippen molar-refractivity contribution in [3.8, 4) is 5.75 Å². The highest BCUT2D eigenvalue weighted by molar-refractivity contribution is 8.14. The number of carbonyl (C=O) groups is 1. The Morgan fingerprint density at radius 1 is 1.43 bits per heavy atom.